The van der Waals surface area contributed by atoms with E-state index in [0.717, 1.165) is 37.4 Å². The summed E-state index contributed by atoms with van der Waals surface area (Å²) >= 11 is 0. The van der Waals surface area contributed by atoms with Crippen LogP contribution in [-0.4, -0.2) is 51.3 Å². The molecule has 2 N–H and O–H groups in total. The summed E-state index contributed by atoms with van der Waals surface area (Å²) in [6, 6.07) is 9.73. The highest BCUT2D eigenvalue weighted by Crippen LogP contribution is 2.39. The van der Waals surface area contributed by atoms with Crippen LogP contribution in [0.3, 0.4) is 0 Å². The lowest BCUT2D eigenvalue weighted by molar-refractivity contribution is 0.104. The van der Waals surface area contributed by atoms with E-state index in [-0.39, 0.29) is 17.1 Å². The fourth-order valence-corrected chi connectivity index (χ4v) is 3.59. The molecule has 1 fully saturated rings. The highest BCUT2D eigenvalue weighted by molar-refractivity contribution is 6.11. The molecule has 6 nitrogen and oxygen atoms in total. The summed E-state index contributed by atoms with van der Waals surface area (Å²) in [6.45, 7) is 5.76. The fraction of sp³-hybridized carbons (Fsp3) is 0.348. The molecule has 2 aromatic carbocycles. The third-order valence-corrected chi connectivity index (χ3v) is 5.15. The second-order valence-electron chi connectivity index (χ2n) is 6.87. The molecule has 6 heteroatoms. The number of aromatic hydroxyl groups is 1. The molecule has 0 spiro atoms. The minimum absolute atomic E-state index is 0.0899. The third-order valence-electron chi connectivity index (χ3n) is 5.15. The van der Waals surface area contributed by atoms with E-state index in [1.807, 2.05) is 19.1 Å². The van der Waals surface area contributed by atoms with Gasteiger partial charge in [-0.25, -0.2) is 0 Å². The zero-order valence-electron chi connectivity index (χ0n) is 17.2. The van der Waals surface area contributed by atoms with Crippen LogP contribution in [0.25, 0.3) is 6.08 Å². The number of methoxy groups -OCH3 is 2. The molecular weight excluding hydrogens is 368 g/mol. The first-order valence-corrected chi connectivity index (χ1v) is 9.84. The number of hydrogen-bond acceptors (Lipinski definition) is 6. The summed E-state index contributed by atoms with van der Waals surface area (Å²) in [5, 5.41) is 14.0. The van der Waals surface area contributed by atoms with E-state index < -0.39 is 0 Å². The Bertz CT molecular complexity index is 902. The Morgan fingerprint density at radius 3 is 2.55 bits per heavy atom. The van der Waals surface area contributed by atoms with E-state index in [2.05, 4.69) is 22.3 Å². The molecule has 1 aliphatic rings. The van der Waals surface area contributed by atoms with Crippen LogP contribution in [0.1, 0.15) is 28.4 Å². The normalized spacial score (nSPS) is 14.2. The van der Waals surface area contributed by atoms with Crippen molar-refractivity contribution in [2.75, 3.05) is 45.3 Å². The number of benzene rings is 2. The molecular formula is C23H28N2O4. The molecule has 0 saturated carbocycles. The van der Waals surface area contributed by atoms with Crippen molar-refractivity contribution in [3.05, 3.63) is 53.1 Å². The molecule has 0 aromatic heterocycles. The number of nitrogens with zero attached hydrogens (tertiary/aromatic N) is 1. The Kier molecular flexibility index (Phi) is 6.77. The van der Waals surface area contributed by atoms with Crippen molar-refractivity contribution in [2.24, 2.45) is 0 Å². The van der Waals surface area contributed by atoms with Gasteiger partial charge in [0.2, 0.25) is 0 Å². The molecule has 0 atom stereocenters. The van der Waals surface area contributed by atoms with Gasteiger partial charge < -0.3 is 24.8 Å². The quantitative estimate of drug-likeness (QED) is 0.553. The van der Waals surface area contributed by atoms with Gasteiger partial charge in [0.25, 0.3) is 0 Å². The molecule has 0 bridgehead atoms. The number of phenols is 1. The monoisotopic (exact) mass is 396 g/mol. The van der Waals surface area contributed by atoms with Crippen molar-refractivity contribution in [1.82, 2.24) is 5.32 Å². The topological polar surface area (TPSA) is 71.0 Å². The lowest BCUT2D eigenvalue weighted by Crippen LogP contribution is -2.43. The van der Waals surface area contributed by atoms with Crippen LogP contribution >= 0.6 is 0 Å². The third kappa shape index (κ3) is 4.54. The van der Waals surface area contributed by atoms with Crippen LogP contribution in [0.2, 0.25) is 0 Å². The molecule has 3 rings (SSSR count). The van der Waals surface area contributed by atoms with Gasteiger partial charge in [-0.1, -0.05) is 25.1 Å². The Balaban J connectivity index is 1.87. The highest BCUT2D eigenvalue weighted by atomic mass is 16.5. The summed E-state index contributed by atoms with van der Waals surface area (Å²) in [5.41, 5.74) is 2.81. The molecule has 1 saturated heterocycles. The van der Waals surface area contributed by atoms with Crippen LogP contribution in [-0.2, 0) is 6.42 Å². The van der Waals surface area contributed by atoms with Crippen molar-refractivity contribution in [2.45, 2.75) is 13.3 Å². The Morgan fingerprint density at radius 2 is 1.90 bits per heavy atom. The molecule has 0 amide bonds. The van der Waals surface area contributed by atoms with Crippen LogP contribution in [0.4, 0.5) is 5.69 Å². The number of nitrogens with one attached hydrogen (secondary N) is 1. The van der Waals surface area contributed by atoms with Crippen LogP contribution < -0.4 is 19.7 Å². The van der Waals surface area contributed by atoms with Gasteiger partial charge in [-0.3, -0.25) is 4.79 Å². The number of phenolic OH excluding ortho intramolecular Hbond substituents is 1. The Labute approximate surface area is 171 Å². The maximum absolute atomic E-state index is 12.9. The van der Waals surface area contributed by atoms with Gasteiger partial charge in [0.15, 0.2) is 5.78 Å². The minimum Gasteiger partial charge on any atom is -0.507 e. The average molecular weight is 396 g/mol. The van der Waals surface area contributed by atoms with Crippen LogP contribution in [0.15, 0.2) is 36.4 Å². The standard InChI is InChI=1S/C23H28N2O4/c1-4-18-20(28-2)15-21(29-3)22(23(18)27)19(26)9-8-16-6-5-7-17(14-16)25-12-10-24-11-13-25/h5-9,14-15,24,27H,4,10-13H2,1-3H3/b9-8+. The number of ketones is 1. The maximum atomic E-state index is 12.9. The number of anilines is 1. The van der Waals surface area contributed by atoms with Gasteiger partial charge >= 0.3 is 0 Å². The maximum Gasteiger partial charge on any atom is 0.193 e. The van der Waals surface area contributed by atoms with Gasteiger partial charge in [0, 0.05) is 43.5 Å². The van der Waals surface area contributed by atoms with Gasteiger partial charge in [0.05, 0.1) is 14.2 Å². The van der Waals surface area contributed by atoms with Gasteiger partial charge in [-0.2, -0.15) is 0 Å². The summed E-state index contributed by atoms with van der Waals surface area (Å²) in [6.07, 6.45) is 3.78. The summed E-state index contributed by atoms with van der Waals surface area (Å²) in [5.74, 6) is 0.393. The summed E-state index contributed by atoms with van der Waals surface area (Å²) in [4.78, 5) is 15.2. The lowest BCUT2D eigenvalue weighted by Gasteiger charge is -2.29. The van der Waals surface area contributed by atoms with Gasteiger partial charge in [-0.15, -0.1) is 0 Å². The molecule has 29 heavy (non-hydrogen) atoms. The van der Waals surface area contributed by atoms with Crippen molar-refractivity contribution in [3.8, 4) is 17.2 Å². The number of rotatable bonds is 7. The first-order chi connectivity index (χ1) is 14.1. The van der Waals surface area contributed by atoms with Crippen LogP contribution in [0, 0.1) is 0 Å². The molecule has 1 aliphatic heterocycles. The van der Waals surface area contributed by atoms with Crippen molar-refractivity contribution < 1.29 is 19.4 Å². The highest BCUT2D eigenvalue weighted by Gasteiger charge is 2.22. The Morgan fingerprint density at radius 1 is 1.17 bits per heavy atom. The lowest BCUT2D eigenvalue weighted by atomic mass is 10.00. The van der Waals surface area contributed by atoms with Crippen molar-refractivity contribution >= 4 is 17.5 Å². The van der Waals surface area contributed by atoms with E-state index in [0.29, 0.717) is 23.5 Å². The van der Waals surface area contributed by atoms with E-state index >= 15 is 0 Å². The fourth-order valence-electron chi connectivity index (χ4n) is 3.59. The molecule has 2 aromatic rings. The van der Waals surface area contributed by atoms with E-state index in [9.17, 15) is 9.90 Å². The van der Waals surface area contributed by atoms with E-state index in [1.165, 1.54) is 20.3 Å². The first-order valence-electron chi connectivity index (χ1n) is 9.84. The largest absolute Gasteiger partial charge is 0.507 e. The number of piperazine rings is 1. The SMILES string of the molecule is CCc1c(OC)cc(OC)c(C(=O)/C=C/c2cccc(N3CCNCC3)c2)c1O. The summed E-state index contributed by atoms with van der Waals surface area (Å²) in [7, 11) is 3.00. The second-order valence-corrected chi connectivity index (χ2v) is 6.87. The molecule has 154 valence electrons. The summed E-state index contributed by atoms with van der Waals surface area (Å²) < 4.78 is 10.6. The predicted octanol–water partition coefficient (Wildman–Crippen LogP) is 3.28. The van der Waals surface area contributed by atoms with Crippen LogP contribution in [0.5, 0.6) is 17.2 Å². The van der Waals surface area contributed by atoms with Gasteiger partial charge in [0.1, 0.15) is 22.8 Å². The second kappa shape index (κ2) is 9.47. The van der Waals surface area contributed by atoms with Crippen molar-refractivity contribution in [1.29, 1.82) is 0 Å². The minimum atomic E-state index is -0.315. The number of ether oxygens (including phenoxy) is 2. The predicted molar refractivity (Wildman–Crippen MR) is 115 cm³/mol. The number of allylic oxidation sites excluding steroid dienone is 1. The zero-order chi connectivity index (χ0) is 20.8. The average Bonchev–Trinajstić information content (AvgIpc) is 2.77. The molecule has 1 heterocycles. The number of carbonyl (C=O) groups is 1. The van der Waals surface area contributed by atoms with E-state index in [4.69, 9.17) is 9.47 Å². The molecule has 0 radical (unpaired) electrons. The zero-order valence-corrected chi connectivity index (χ0v) is 17.2. The van der Waals surface area contributed by atoms with Crippen molar-refractivity contribution in [3.63, 3.8) is 0 Å². The smallest absolute Gasteiger partial charge is 0.193 e. The van der Waals surface area contributed by atoms with E-state index in [1.54, 1.807) is 12.1 Å². The van der Waals surface area contributed by atoms with Gasteiger partial charge in [-0.05, 0) is 30.2 Å². The molecule has 0 aliphatic carbocycles. The number of hydrogen-bond donors (Lipinski definition) is 2. The number of carbonyl (C=O) groups excluding carboxylic acids is 1. The molecule has 0 unspecified atom stereocenters. The Hall–Kier alpha value is -2.99. The first kappa shape index (κ1) is 20.7.